The lowest BCUT2D eigenvalue weighted by atomic mass is 10.1. The van der Waals surface area contributed by atoms with Crippen LogP contribution in [0.3, 0.4) is 0 Å². The maximum Gasteiger partial charge on any atom is 0.243 e. The molecule has 0 aliphatic carbocycles. The first-order valence-corrected chi connectivity index (χ1v) is 10.6. The zero-order valence-electron chi connectivity index (χ0n) is 15.6. The summed E-state index contributed by atoms with van der Waals surface area (Å²) < 4.78 is 32.7. The number of methoxy groups -OCH3 is 1. The van der Waals surface area contributed by atoms with E-state index in [1.807, 2.05) is 36.4 Å². The summed E-state index contributed by atoms with van der Waals surface area (Å²) in [6.07, 6.45) is 4.71. The van der Waals surface area contributed by atoms with Crippen LogP contribution < -0.4 is 4.74 Å². The lowest BCUT2D eigenvalue weighted by molar-refractivity contribution is 0.245. The average Bonchev–Trinajstić information content (AvgIpc) is 3.29. The zero-order valence-corrected chi connectivity index (χ0v) is 16.4. The second-order valence-electron chi connectivity index (χ2n) is 6.74. The Labute approximate surface area is 164 Å². The Balaban J connectivity index is 1.47. The van der Waals surface area contributed by atoms with Crippen molar-refractivity contribution in [2.45, 2.75) is 23.8 Å². The molecule has 146 valence electrons. The summed E-state index contributed by atoms with van der Waals surface area (Å²) in [5.41, 5.74) is 1.97. The number of hydrogen-bond acceptors (Lipinski definition) is 5. The number of hydrogen-bond donors (Lipinski definition) is 0. The summed E-state index contributed by atoms with van der Waals surface area (Å²) in [6, 6.07) is 14.9. The van der Waals surface area contributed by atoms with Crippen LogP contribution in [0.2, 0.25) is 0 Å². The van der Waals surface area contributed by atoms with Crippen LogP contribution in [-0.4, -0.2) is 47.9 Å². The van der Waals surface area contributed by atoms with Gasteiger partial charge in [-0.2, -0.15) is 19.3 Å². The van der Waals surface area contributed by atoms with E-state index in [-0.39, 0.29) is 6.04 Å². The van der Waals surface area contributed by atoms with Gasteiger partial charge in [0, 0.05) is 13.1 Å². The van der Waals surface area contributed by atoms with Crippen LogP contribution in [-0.2, 0) is 10.0 Å². The second kappa shape index (κ2) is 7.73. The van der Waals surface area contributed by atoms with Gasteiger partial charge in [0.15, 0.2) is 0 Å². The van der Waals surface area contributed by atoms with Crippen molar-refractivity contribution in [3.63, 3.8) is 0 Å². The van der Waals surface area contributed by atoms with Gasteiger partial charge in [-0.1, -0.05) is 24.3 Å². The van der Waals surface area contributed by atoms with Crippen molar-refractivity contribution in [1.29, 1.82) is 0 Å². The van der Waals surface area contributed by atoms with E-state index in [2.05, 4.69) is 10.2 Å². The first-order chi connectivity index (χ1) is 13.6. The molecular formula is C20H22N4O3S. The Hall–Kier alpha value is -2.71. The van der Waals surface area contributed by atoms with E-state index >= 15 is 0 Å². The average molecular weight is 398 g/mol. The Morgan fingerprint density at radius 2 is 1.43 bits per heavy atom. The van der Waals surface area contributed by atoms with Gasteiger partial charge in [0.05, 0.1) is 30.4 Å². The summed E-state index contributed by atoms with van der Waals surface area (Å²) in [6.45, 7) is 0.934. The highest BCUT2D eigenvalue weighted by Crippen LogP contribution is 2.28. The molecule has 7 nitrogen and oxygen atoms in total. The number of piperidine rings is 1. The third-order valence-electron chi connectivity index (χ3n) is 5.10. The normalized spacial score (nSPS) is 16.2. The maximum atomic E-state index is 13.0. The fraction of sp³-hybridized carbons (Fsp3) is 0.300. The van der Waals surface area contributed by atoms with Crippen molar-refractivity contribution in [3.8, 4) is 16.9 Å². The van der Waals surface area contributed by atoms with Gasteiger partial charge in [0.25, 0.3) is 0 Å². The van der Waals surface area contributed by atoms with Crippen LogP contribution >= 0.6 is 0 Å². The highest BCUT2D eigenvalue weighted by molar-refractivity contribution is 7.89. The molecule has 2 aromatic carbocycles. The molecule has 0 radical (unpaired) electrons. The maximum absolute atomic E-state index is 13.0. The van der Waals surface area contributed by atoms with Crippen LogP contribution in [0.15, 0.2) is 65.8 Å². The summed E-state index contributed by atoms with van der Waals surface area (Å²) in [7, 11) is -1.87. The van der Waals surface area contributed by atoms with Crippen molar-refractivity contribution >= 4 is 10.0 Å². The predicted molar refractivity (Wildman–Crippen MR) is 105 cm³/mol. The molecular weight excluding hydrogens is 376 g/mol. The zero-order chi connectivity index (χ0) is 19.6. The van der Waals surface area contributed by atoms with E-state index in [1.165, 1.54) is 0 Å². The molecule has 1 fully saturated rings. The SMILES string of the molecule is COc1ccc(-c2ccc(S(=O)(=O)N3CCC(n4nccn4)CC3)cc2)cc1. The number of sulfonamides is 1. The van der Waals surface area contributed by atoms with Gasteiger partial charge < -0.3 is 4.74 Å². The minimum atomic E-state index is -3.50. The van der Waals surface area contributed by atoms with Crippen molar-refractivity contribution in [1.82, 2.24) is 19.3 Å². The molecule has 0 atom stereocenters. The number of aromatic nitrogens is 3. The second-order valence-corrected chi connectivity index (χ2v) is 8.68. The number of ether oxygens (including phenoxy) is 1. The van der Waals surface area contributed by atoms with Crippen LogP contribution in [0.4, 0.5) is 0 Å². The Morgan fingerprint density at radius 3 is 1.96 bits per heavy atom. The van der Waals surface area contributed by atoms with E-state index in [0.29, 0.717) is 30.8 Å². The fourth-order valence-electron chi connectivity index (χ4n) is 3.48. The van der Waals surface area contributed by atoms with Crippen LogP contribution in [0.25, 0.3) is 11.1 Å². The molecule has 28 heavy (non-hydrogen) atoms. The van der Waals surface area contributed by atoms with E-state index in [9.17, 15) is 8.42 Å². The van der Waals surface area contributed by atoms with Crippen LogP contribution in [0.1, 0.15) is 18.9 Å². The van der Waals surface area contributed by atoms with Gasteiger partial charge in [-0.25, -0.2) is 8.42 Å². The predicted octanol–water partition coefficient (Wildman–Crippen LogP) is 2.98. The molecule has 1 saturated heterocycles. The third-order valence-corrected chi connectivity index (χ3v) is 7.01. The molecule has 0 bridgehead atoms. The summed E-state index contributed by atoms with van der Waals surface area (Å²) in [4.78, 5) is 1.99. The number of rotatable bonds is 5. The number of benzene rings is 2. The summed E-state index contributed by atoms with van der Waals surface area (Å²) in [5, 5.41) is 8.33. The molecule has 4 rings (SSSR count). The fourth-order valence-corrected chi connectivity index (χ4v) is 4.95. The largest absolute Gasteiger partial charge is 0.497 e. The van der Waals surface area contributed by atoms with E-state index in [4.69, 9.17) is 4.74 Å². The molecule has 1 aliphatic rings. The van der Waals surface area contributed by atoms with Crippen molar-refractivity contribution in [2.75, 3.05) is 20.2 Å². The van der Waals surface area contributed by atoms with Gasteiger partial charge in [-0.05, 0) is 48.2 Å². The molecule has 0 amide bonds. The molecule has 0 unspecified atom stereocenters. The molecule has 3 aromatic rings. The summed E-state index contributed by atoms with van der Waals surface area (Å²) >= 11 is 0. The molecule has 8 heteroatoms. The van der Waals surface area contributed by atoms with Gasteiger partial charge in [-0.15, -0.1) is 0 Å². The molecule has 0 N–H and O–H groups in total. The van der Waals surface area contributed by atoms with E-state index in [1.54, 1.807) is 40.7 Å². The minimum Gasteiger partial charge on any atom is -0.497 e. The Kier molecular flexibility index (Phi) is 5.15. The first kappa shape index (κ1) is 18.6. The smallest absolute Gasteiger partial charge is 0.243 e. The lowest BCUT2D eigenvalue weighted by Crippen LogP contribution is -2.39. The van der Waals surface area contributed by atoms with E-state index < -0.39 is 10.0 Å². The van der Waals surface area contributed by atoms with Crippen molar-refractivity contribution in [3.05, 3.63) is 60.9 Å². The molecule has 0 saturated carbocycles. The Bertz CT molecular complexity index is 1010. The topological polar surface area (TPSA) is 77.3 Å². The van der Waals surface area contributed by atoms with E-state index in [0.717, 1.165) is 16.9 Å². The quantitative estimate of drug-likeness (QED) is 0.660. The molecule has 1 aromatic heterocycles. The standard InChI is InChI=1S/C20H22N4O3S/c1-27-19-6-2-16(3-7-19)17-4-8-20(9-5-17)28(25,26)23-14-10-18(11-15-23)24-21-12-13-22-24/h2-9,12-13,18H,10-11,14-15H2,1H3. The highest BCUT2D eigenvalue weighted by Gasteiger charge is 2.30. The monoisotopic (exact) mass is 398 g/mol. The Morgan fingerprint density at radius 1 is 0.893 bits per heavy atom. The highest BCUT2D eigenvalue weighted by atomic mass is 32.2. The number of nitrogens with zero attached hydrogens (tertiary/aromatic N) is 4. The van der Waals surface area contributed by atoms with Crippen molar-refractivity contribution < 1.29 is 13.2 Å². The van der Waals surface area contributed by atoms with Crippen molar-refractivity contribution in [2.24, 2.45) is 0 Å². The third kappa shape index (κ3) is 3.65. The van der Waals surface area contributed by atoms with Gasteiger partial charge in [-0.3, -0.25) is 0 Å². The van der Waals surface area contributed by atoms with Gasteiger partial charge in [0.2, 0.25) is 10.0 Å². The molecule has 2 heterocycles. The van der Waals surface area contributed by atoms with Crippen LogP contribution in [0.5, 0.6) is 5.75 Å². The van der Waals surface area contributed by atoms with Gasteiger partial charge >= 0.3 is 0 Å². The lowest BCUT2D eigenvalue weighted by Gasteiger charge is -2.30. The van der Waals surface area contributed by atoms with Gasteiger partial charge in [0.1, 0.15) is 5.75 Å². The first-order valence-electron chi connectivity index (χ1n) is 9.18. The van der Waals surface area contributed by atoms with Crippen LogP contribution in [0, 0.1) is 0 Å². The summed E-state index contributed by atoms with van der Waals surface area (Å²) in [5.74, 6) is 0.789. The minimum absolute atomic E-state index is 0.152. The molecule has 0 spiro atoms. The molecule has 1 aliphatic heterocycles.